The highest BCUT2D eigenvalue weighted by molar-refractivity contribution is 6.76. The zero-order valence-corrected chi connectivity index (χ0v) is 19.6. The zero-order valence-electron chi connectivity index (χ0n) is 18.6. The Morgan fingerprint density at radius 2 is 1.58 bits per heavy atom. The largest absolute Gasteiger partial charge is 0.468 e. The van der Waals surface area contributed by atoms with Crippen molar-refractivity contribution in [2.24, 2.45) is 0 Å². The van der Waals surface area contributed by atoms with Crippen LogP contribution in [0.4, 0.5) is 0 Å². The van der Waals surface area contributed by atoms with Crippen molar-refractivity contribution in [2.75, 3.05) is 20.3 Å². The van der Waals surface area contributed by atoms with E-state index in [1.54, 1.807) is 24.3 Å². The average molecular weight is 446 g/mol. The summed E-state index contributed by atoms with van der Waals surface area (Å²) in [4.78, 5) is 25.0. The van der Waals surface area contributed by atoms with E-state index in [9.17, 15) is 9.59 Å². The van der Waals surface area contributed by atoms with Gasteiger partial charge in [0.25, 0.3) is 0 Å². The third-order valence-corrected chi connectivity index (χ3v) is 6.04. The molecule has 0 saturated heterocycles. The Bertz CT molecular complexity index is 825. The zero-order chi connectivity index (χ0) is 22.7. The molecule has 1 atom stereocenters. The van der Waals surface area contributed by atoms with Gasteiger partial charge in [0.2, 0.25) is 0 Å². The number of hydrogen-bond donors (Lipinski definition) is 1. The fourth-order valence-corrected chi connectivity index (χ4v) is 3.22. The highest BCUT2D eigenvalue weighted by atomic mass is 28.3. The lowest BCUT2D eigenvalue weighted by atomic mass is 10.2. The van der Waals surface area contributed by atoms with E-state index >= 15 is 0 Å². The fraction of sp³-hybridized carbons (Fsp3) is 0.391. The van der Waals surface area contributed by atoms with Gasteiger partial charge >= 0.3 is 17.8 Å². The number of carbonyl (C=O) groups is 2. The quantitative estimate of drug-likeness (QED) is 0.304. The minimum absolute atomic E-state index is 0.0605. The molecule has 0 spiro atoms. The Hall–Kier alpha value is -2.68. The molecule has 0 bridgehead atoms. The van der Waals surface area contributed by atoms with Crippen molar-refractivity contribution in [1.82, 2.24) is 5.32 Å². The van der Waals surface area contributed by atoms with Crippen LogP contribution in [-0.4, -0.2) is 46.2 Å². The summed E-state index contributed by atoms with van der Waals surface area (Å²) in [7, 11) is -0.159. The van der Waals surface area contributed by atoms with E-state index in [1.165, 1.54) is 7.11 Å². The summed E-state index contributed by atoms with van der Waals surface area (Å²) in [6.07, 6.45) is 0. The predicted octanol–water partition coefficient (Wildman–Crippen LogP) is 3.58. The Morgan fingerprint density at radius 3 is 2.16 bits per heavy atom. The smallest absolute Gasteiger partial charge is 0.397 e. The Balaban J connectivity index is 2.29. The van der Waals surface area contributed by atoms with Crippen molar-refractivity contribution in [3.63, 3.8) is 0 Å². The number of benzene rings is 2. The summed E-state index contributed by atoms with van der Waals surface area (Å²) in [5.74, 6) is -2.96. The van der Waals surface area contributed by atoms with Crippen LogP contribution in [0.5, 0.6) is 5.75 Å². The second kappa shape index (κ2) is 11.6. The minimum Gasteiger partial charge on any atom is -0.468 e. The van der Waals surface area contributed by atoms with Crippen LogP contribution in [0.1, 0.15) is 5.56 Å². The maximum atomic E-state index is 13.2. The molecule has 0 amide bonds. The van der Waals surface area contributed by atoms with Gasteiger partial charge in [0, 0.05) is 8.07 Å². The molecule has 2 rings (SSSR count). The van der Waals surface area contributed by atoms with Crippen LogP contribution in [-0.2, 0) is 30.4 Å². The molecular weight excluding hydrogens is 414 g/mol. The van der Waals surface area contributed by atoms with Crippen LogP contribution in [0.2, 0.25) is 25.7 Å². The number of hydrogen-bond acceptors (Lipinski definition) is 7. The van der Waals surface area contributed by atoms with Gasteiger partial charge in [-0.2, -0.15) is 0 Å². The second-order valence-corrected chi connectivity index (χ2v) is 13.8. The van der Waals surface area contributed by atoms with Crippen LogP contribution in [0, 0.1) is 0 Å². The first kappa shape index (κ1) is 24.6. The molecule has 0 aliphatic heterocycles. The molecule has 0 aliphatic rings. The van der Waals surface area contributed by atoms with Gasteiger partial charge in [0.15, 0.2) is 0 Å². The van der Waals surface area contributed by atoms with Gasteiger partial charge in [-0.3, -0.25) is 4.79 Å². The van der Waals surface area contributed by atoms with Crippen LogP contribution in [0.25, 0.3) is 0 Å². The standard InChI is InChI=1S/C23H31NO6Si/c1-27-21(25)17-24-23(30-20-13-9-6-10-14-20,22(26)28-15-16-31(2,3)4)29-18-19-11-7-5-8-12-19/h5-14,24H,15-18H2,1-4H3/t23-/m0/s1. The number of esters is 2. The minimum atomic E-state index is -2.02. The Kier molecular flexibility index (Phi) is 9.23. The fourth-order valence-electron chi connectivity index (χ4n) is 2.51. The van der Waals surface area contributed by atoms with E-state index in [2.05, 4.69) is 25.0 Å². The Morgan fingerprint density at radius 1 is 0.968 bits per heavy atom. The molecule has 168 valence electrons. The third-order valence-electron chi connectivity index (χ3n) is 4.34. The molecule has 0 aromatic heterocycles. The van der Waals surface area contributed by atoms with Crippen molar-refractivity contribution >= 4 is 20.0 Å². The SMILES string of the molecule is COC(=O)CN[C@@](OCc1ccccc1)(Oc1ccccc1)C(=O)OCC[Si](C)(C)C. The van der Waals surface area contributed by atoms with Crippen LogP contribution in [0.15, 0.2) is 60.7 Å². The molecular formula is C23H31NO6Si. The third kappa shape index (κ3) is 8.53. The maximum Gasteiger partial charge on any atom is 0.397 e. The Labute approximate surface area is 184 Å². The van der Waals surface area contributed by atoms with E-state index in [0.717, 1.165) is 11.6 Å². The summed E-state index contributed by atoms with van der Waals surface area (Å²) < 4.78 is 22.2. The summed E-state index contributed by atoms with van der Waals surface area (Å²) in [6, 6.07) is 18.9. The molecule has 0 aliphatic carbocycles. The molecule has 2 aromatic rings. The van der Waals surface area contributed by atoms with Gasteiger partial charge in [-0.1, -0.05) is 68.2 Å². The number of methoxy groups -OCH3 is 1. The van der Waals surface area contributed by atoms with Gasteiger partial charge in [0.1, 0.15) is 12.3 Å². The van der Waals surface area contributed by atoms with Crippen molar-refractivity contribution in [3.05, 3.63) is 66.2 Å². The maximum absolute atomic E-state index is 13.2. The molecule has 7 nitrogen and oxygen atoms in total. The van der Waals surface area contributed by atoms with Gasteiger partial charge in [-0.05, 0) is 23.7 Å². The summed E-state index contributed by atoms with van der Waals surface area (Å²) in [6.45, 7) is 6.57. The number of nitrogens with one attached hydrogen (secondary N) is 1. The van der Waals surface area contributed by atoms with Crippen molar-refractivity contribution in [1.29, 1.82) is 0 Å². The first-order chi connectivity index (χ1) is 14.7. The van der Waals surface area contributed by atoms with Crippen molar-refractivity contribution < 1.29 is 28.5 Å². The molecule has 31 heavy (non-hydrogen) atoms. The lowest BCUT2D eigenvalue weighted by molar-refractivity contribution is -0.233. The highest BCUT2D eigenvalue weighted by Gasteiger charge is 2.45. The molecule has 8 heteroatoms. The van der Waals surface area contributed by atoms with Gasteiger partial charge in [0.05, 0.1) is 20.3 Å². The predicted molar refractivity (Wildman–Crippen MR) is 120 cm³/mol. The summed E-state index contributed by atoms with van der Waals surface area (Å²) in [5.41, 5.74) is 0.832. The van der Waals surface area contributed by atoms with Gasteiger partial charge in [-0.25, -0.2) is 10.1 Å². The lowest BCUT2D eigenvalue weighted by Crippen LogP contribution is -2.60. The topological polar surface area (TPSA) is 83.1 Å². The normalized spacial score (nSPS) is 13.2. The number of carbonyl (C=O) groups excluding carboxylic acids is 2. The molecule has 0 saturated carbocycles. The first-order valence-corrected chi connectivity index (χ1v) is 13.9. The first-order valence-electron chi connectivity index (χ1n) is 10.2. The molecule has 0 radical (unpaired) electrons. The van der Waals surface area contributed by atoms with E-state index in [0.29, 0.717) is 5.75 Å². The van der Waals surface area contributed by atoms with Crippen LogP contribution >= 0.6 is 0 Å². The van der Waals surface area contributed by atoms with E-state index < -0.39 is 25.9 Å². The summed E-state index contributed by atoms with van der Waals surface area (Å²) >= 11 is 0. The van der Waals surface area contributed by atoms with Crippen LogP contribution in [0.3, 0.4) is 0 Å². The van der Waals surface area contributed by atoms with Crippen LogP contribution < -0.4 is 10.1 Å². The van der Waals surface area contributed by atoms with E-state index in [4.69, 9.17) is 18.9 Å². The molecule has 1 N–H and O–H groups in total. The van der Waals surface area contributed by atoms with E-state index in [-0.39, 0.29) is 19.8 Å². The van der Waals surface area contributed by atoms with Gasteiger partial charge < -0.3 is 18.9 Å². The average Bonchev–Trinajstić information content (AvgIpc) is 2.76. The lowest BCUT2D eigenvalue weighted by Gasteiger charge is -2.32. The second-order valence-electron chi connectivity index (χ2n) is 8.18. The monoisotopic (exact) mass is 445 g/mol. The molecule has 0 unspecified atom stereocenters. The van der Waals surface area contributed by atoms with Crippen molar-refractivity contribution in [3.8, 4) is 5.75 Å². The van der Waals surface area contributed by atoms with E-state index in [1.807, 2.05) is 36.4 Å². The number of para-hydroxylation sites is 1. The molecule has 0 heterocycles. The number of rotatable bonds is 12. The number of ether oxygens (including phenoxy) is 4. The van der Waals surface area contributed by atoms with Crippen molar-refractivity contribution in [2.45, 2.75) is 38.2 Å². The molecule has 0 fully saturated rings. The summed E-state index contributed by atoms with van der Waals surface area (Å²) in [5, 5.41) is 2.77. The molecule has 2 aromatic carbocycles. The highest BCUT2D eigenvalue weighted by Crippen LogP contribution is 2.22. The van der Waals surface area contributed by atoms with Gasteiger partial charge in [-0.15, -0.1) is 0 Å².